The highest BCUT2D eigenvalue weighted by Gasteiger charge is 2.30. The molecule has 0 aliphatic heterocycles. The van der Waals surface area contributed by atoms with Crippen molar-refractivity contribution >= 4 is 12.0 Å². The number of nitrogens with zero attached hydrogens (tertiary/aromatic N) is 1. The van der Waals surface area contributed by atoms with Crippen molar-refractivity contribution in [2.24, 2.45) is 5.92 Å². The summed E-state index contributed by atoms with van der Waals surface area (Å²) in [7, 11) is 0. The second-order valence-corrected chi connectivity index (χ2v) is 4.97. The zero-order valence-corrected chi connectivity index (χ0v) is 11.8. The number of likely N-dealkylation sites (N-methyl/N-ethyl adjacent to an activating group) is 1. The van der Waals surface area contributed by atoms with Crippen molar-refractivity contribution in [1.82, 2.24) is 15.5 Å². The maximum absolute atomic E-state index is 11.6. The number of amides is 2. The van der Waals surface area contributed by atoms with E-state index in [1.807, 2.05) is 0 Å². The van der Waals surface area contributed by atoms with Gasteiger partial charge in [0, 0.05) is 19.1 Å². The van der Waals surface area contributed by atoms with Crippen molar-refractivity contribution in [1.29, 1.82) is 0 Å². The van der Waals surface area contributed by atoms with Gasteiger partial charge in [0.2, 0.25) is 0 Å². The van der Waals surface area contributed by atoms with E-state index in [0.717, 1.165) is 26.1 Å². The van der Waals surface area contributed by atoms with Gasteiger partial charge in [-0.3, -0.25) is 4.79 Å². The van der Waals surface area contributed by atoms with Crippen molar-refractivity contribution in [2.45, 2.75) is 39.2 Å². The predicted octanol–water partition coefficient (Wildman–Crippen LogP) is 0.881. The molecule has 6 nitrogen and oxygen atoms in total. The van der Waals surface area contributed by atoms with E-state index in [2.05, 4.69) is 29.4 Å². The van der Waals surface area contributed by atoms with Crippen LogP contribution in [0.3, 0.4) is 0 Å². The van der Waals surface area contributed by atoms with E-state index in [-0.39, 0.29) is 18.0 Å². The molecule has 0 radical (unpaired) electrons. The molecule has 0 saturated heterocycles. The summed E-state index contributed by atoms with van der Waals surface area (Å²) >= 11 is 0. The van der Waals surface area contributed by atoms with Crippen molar-refractivity contribution in [3.05, 3.63) is 0 Å². The fraction of sp³-hybridized carbons (Fsp3) is 0.846. The van der Waals surface area contributed by atoms with E-state index < -0.39 is 5.97 Å². The number of carboxylic acid groups (broad SMARTS) is 1. The molecule has 0 unspecified atom stereocenters. The smallest absolute Gasteiger partial charge is 0.315 e. The zero-order valence-electron chi connectivity index (χ0n) is 11.8. The molecule has 110 valence electrons. The minimum absolute atomic E-state index is 0.00504. The van der Waals surface area contributed by atoms with Gasteiger partial charge in [-0.1, -0.05) is 13.8 Å². The molecule has 2 amide bonds. The van der Waals surface area contributed by atoms with Crippen molar-refractivity contribution in [3.8, 4) is 0 Å². The molecule has 0 heterocycles. The summed E-state index contributed by atoms with van der Waals surface area (Å²) in [5.41, 5.74) is 0. The van der Waals surface area contributed by atoms with Crippen molar-refractivity contribution < 1.29 is 14.7 Å². The molecule has 0 aromatic heterocycles. The summed E-state index contributed by atoms with van der Waals surface area (Å²) in [5, 5.41) is 14.5. The summed E-state index contributed by atoms with van der Waals surface area (Å²) in [6.07, 6.45) is 1.94. The van der Waals surface area contributed by atoms with E-state index >= 15 is 0 Å². The van der Waals surface area contributed by atoms with Crippen LogP contribution in [-0.2, 0) is 4.79 Å². The standard InChI is InChI=1S/C13H25N3O3/c1-3-16(4-2)8-7-14-13(19)15-11-6-5-10(9-11)12(17)18/h10-11H,3-9H2,1-2H3,(H,17,18)(H2,14,15,19)/t10-,11+/m1/s1. The largest absolute Gasteiger partial charge is 0.481 e. The molecule has 0 aromatic carbocycles. The number of urea groups is 1. The van der Waals surface area contributed by atoms with Gasteiger partial charge in [-0.15, -0.1) is 0 Å². The Kier molecular flexibility index (Phi) is 6.62. The topological polar surface area (TPSA) is 81.7 Å². The third-order valence-electron chi connectivity index (χ3n) is 3.73. The molecule has 0 aromatic rings. The van der Waals surface area contributed by atoms with Crippen LogP contribution in [0.15, 0.2) is 0 Å². The second kappa shape index (κ2) is 7.99. The first-order valence-electron chi connectivity index (χ1n) is 7.06. The molecule has 1 saturated carbocycles. The van der Waals surface area contributed by atoms with Crippen LogP contribution < -0.4 is 10.6 Å². The van der Waals surface area contributed by atoms with Crippen molar-refractivity contribution in [3.63, 3.8) is 0 Å². The Hall–Kier alpha value is -1.30. The van der Waals surface area contributed by atoms with Crippen LogP contribution in [-0.4, -0.2) is 54.2 Å². The van der Waals surface area contributed by atoms with Gasteiger partial charge in [0.1, 0.15) is 0 Å². The quantitative estimate of drug-likeness (QED) is 0.642. The van der Waals surface area contributed by atoms with Gasteiger partial charge in [-0.25, -0.2) is 4.79 Å². The lowest BCUT2D eigenvalue weighted by Gasteiger charge is -2.19. The zero-order chi connectivity index (χ0) is 14.3. The summed E-state index contributed by atoms with van der Waals surface area (Å²) < 4.78 is 0. The van der Waals surface area contributed by atoms with Gasteiger partial charge in [0.15, 0.2) is 0 Å². The number of hydrogen-bond donors (Lipinski definition) is 3. The molecule has 0 spiro atoms. The molecule has 6 heteroatoms. The average Bonchev–Trinajstić information content (AvgIpc) is 2.83. The number of hydrogen-bond acceptors (Lipinski definition) is 3. The summed E-state index contributed by atoms with van der Waals surface area (Å²) in [4.78, 5) is 24.7. The predicted molar refractivity (Wildman–Crippen MR) is 73.1 cm³/mol. The van der Waals surface area contributed by atoms with Gasteiger partial charge >= 0.3 is 12.0 Å². The highest BCUT2D eigenvalue weighted by molar-refractivity contribution is 5.75. The molecule has 1 aliphatic carbocycles. The minimum Gasteiger partial charge on any atom is -0.481 e. The van der Waals surface area contributed by atoms with Gasteiger partial charge in [0.25, 0.3) is 0 Å². The first-order chi connectivity index (χ1) is 9.06. The van der Waals surface area contributed by atoms with Gasteiger partial charge in [-0.2, -0.15) is 0 Å². The molecular formula is C13H25N3O3. The van der Waals surface area contributed by atoms with Crippen LogP contribution >= 0.6 is 0 Å². The monoisotopic (exact) mass is 271 g/mol. The van der Waals surface area contributed by atoms with E-state index in [0.29, 0.717) is 19.4 Å². The summed E-state index contributed by atoms with van der Waals surface area (Å²) in [5.74, 6) is -1.06. The fourth-order valence-electron chi connectivity index (χ4n) is 2.44. The van der Waals surface area contributed by atoms with Gasteiger partial charge < -0.3 is 20.6 Å². The lowest BCUT2D eigenvalue weighted by Crippen LogP contribution is -2.44. The Morgan fingerprint density at radius 2 is 1.95 bits per heavy atom. The lowest BCUT2D eigenvalue weighted by atomic mass is 10.1. The molecule has 1 aliphatic rings. The third kappa shape index (κ3) is 5.46. The van der Waals surface area contributed by atoms with E-state index in [1.54, 1.807) is 0 Å². The summed E-state index contributed by atoms with van der Waals surface area (Å²) in [6.45, 7) is 7.58. The molecule has 3 N–H and O–H groups in total. The van der Waals surface area contributed by atoms with Crippen LogP contribution in [0, 0.1) is 5.92 Å². The number of nitrogens with one attached hydrogen (secondary N) is 2. The fourth-order valence-corrected chi connectivity index (χ4v) is 2.44. The molecule has 2 atom stereocenters. The highest BCUT2D eigenvalue weighted by atomic mass is 16.4. The number of carboxylic acids is 1. The van der Waals surface area contributed by atoms with Gasteiger partial charge in [-0.05, 0) is 32.4 Å². The van der Waals surface area contributed by atoms with Crippen LogP contribution in [0.2, 0.25) is 0 Å². The number of carbonyl (C=O) groups excluding carboxylic acids is 1. The van der Waals surface area contributed by atoms with Crippen LogP contribution in [0.4, 0.5) is 4.79 Å². The van der Waals surface area contributed by atoms with E-state index in [1.165, 1.54) is 0 Å². The second-order valence-electron chi connectivity index (χ2n) is 4.97. The summed E-state index contributed by atoms with van der Waals surface area (Å²) in [6, 6.07) is -0.197. The Balaban J connectivity index is 2.16. The maximum Gasteiger partial charge on any atom is 0.315 e. The first-order valence-corrected chi connectivity index (χ1v) is 7.06. The molecule has 0 bridgehead atoms. The molecule has 1 rings (SSSR count). The van der Waals surface area contributed by atoms with Gasteiger partial charge in [0.05, 0.1) is 5.92 Å². The SMILES string of the molecule is CCN(CC)CCNC(=O)N[C@H]1CC[C@@H](C(=O)O)C1. The molecular weight excluding hydrogens is 246 g/mol. The Labute approximate surface area is 114 Å². The normalized spacial score (nSPS) is 22.5. The minimum atomic E-state index is -0.758. The lowest BCUT2D eigenvalue weighted by molar-refractivity contribution is -0.141. The van der Waals surface area contributed by atoms with E-state index in [4.69, 9.17) is 5.11 Å². The maximum atomic E-state index is 11.6. The number of rotatable bonds is 7. The van der Waals surface area contributed by atoms with Crippen LogP contribution in [0.25, 0.3) is 0 Å². The van der Waals surface area contributed by atoms with Crippen molar-refractivity contribution in [2.75, 3.05) is 26.2 Å². The third-order valence-corrected chi connectivity index (χ3v) is 3.73. The van der Waals surface area contributed by atoms with Crippen LogP contribution in [0.1, 0.15) is 33.1 Å². The first kappa shape index (κ1) is 15.8. The number of carbonyl (C=O) groups is 2. The Morgan fingerprint density at radius 3 is 2.47 bits per heavy atom. The average molecular weight is 271 g/mol. The Morgan fingerprint density at radius 1 is 1.26 bits per heavy atom. The number of aliphatic carboxylic acids is 1. The van der Waals surface area contributed by atoms with Crippen LogP contribution in [0.5, 0.6) is 0 Å². The Bertz CT molecular complexity index is 306. The molecule has 1 fully saturated rings. The highest BCUT2D eigenvalue weighted by Crippen LogP contribution is 2.25. The van der Waals surface area contributed by atoms with E-state index in [9.17, 15) is 9.59 Å². The molecule has 19 heavy (non-hydrogen) atoms.